The number of rotatable bonds is 8. The van der Waals surface area contributed by atoms with E-state index in [0.29, 0.717) is 23.8 Å². The lowest BCUT2D eigenvalue weighted by Gasteiger charge is -2.18. The number of hydrogen-bond donors (Lipinski definition) is 1. The number of nitrogens with zero attached hydrogens (tertiary/aromatic N) is 1. The van der Waals surface area contributed by atoms with Crippen LogP contribution in [0.15, 0.2) is 22.9 Å². The second-order valence-corrected chi connectivity index (χ2v) is 7.66. The van der Waals surface area contributed by atoms with Gasteiger partial charge in [0.25, 0.3) is 10.0 Å². The van der Waals surface area contributed by atoms with E-state index in [1.165, 1.54) is 15.6 Å². The molecule has 0 radical (unpaired) electrons. The third-order valence-electron chi connectivity index (χ3n) is 2.74. The average molecular weight is 302 g/mol. The third kappa shape index (κ3) is 3.89. The van der Waals surface area contributed by atoms with Gasteiger partial charge in [-0.25, -0.2) is 8.42 Å². The Morgan fingerprint density at radius 3 is 2.74 bits per heavy atom. The molecule has 0 aliphatic carbocycles. The minimum atomic E-state index is -3.39. The molecule has 0 saturated heterocycles. The molecule has 108 valence electrons. The summed E-state index contributed by atoms with van der Waals surface area (Å²) < 4.78 is 27.0. The molecule has 1 aromatic heterocycles. The first-order valence-electron chi connectivity index (χ1n) is 6.32. The van der Waals surface area contributed by atoms with Crippen LogP contribution >= 0.6 is 11.3 Å². The zero-order valence-corrected chi connectivity index (χ0v) is 13.4. The lowest BCUT2D eigenvalue weighted by atomic mass is 10.3. The Balaban J connectivity index is 3.10. The highest BCUT2D eigenvalue weighted by Crippen LogP contribution is 2.28. The van der Waals surface area contributed by atoms with Crippen LogP contribution in [0.1, 0.15) is 23.8 Å². The smallest absolute Gasteiger partial charge is 0.252 e. The van der Waals surface area contributed by atoms with E-state index in [1.807, 2.05) is 20.9 Å². The molecule has 0 unspecified atom stereocenters. The number of thiophene rings is 1. The molecule has 6 heteroatoms. The van der Waals surface area contributed by atoms with E-state index in [9.17, 15) is 8.42 Å². The van der Waals surface area contributed by atoms with Crippen LogP contribution in [-0.2, 0) is 16.6 Å². The first kappa shape index (κ1) is 16.4. The molecule has 0 aliphatic rings. The second kappa shape index (κ2) is 7.19. The predicted molar refractivity (Wildman–Crippen MR) is 81.1 cm³/mol. The maximum absolute atomic E-state index is 12.6. The molecule has 0 aliphatic heterocycles. The molecular formula is C13H22N2O2S2. The molecule has 0 aromatic carbocycles. The summed E-state index contributed by atoms with van der Waals surface area (Å²) in [5.41, 5.74) is 1.02. The minimum Gasteiger partial charge on any atom is -0.315 e. The highest BCUT2D eigenvalue weighted by Gasteiger charge is 2.25. The van der Waals surface area contributed by atoms with E-state index in [1.54, 1.807) is 12.1 Å². The van der Waals surface area contributed by atoms with Gasteiger partial charge in [-0.15, -0.1) is 17.9 Å². The Morgan fingerprint density at radius 2 is 2.21 bits per heavy atom. The van der Waals surface area contributed by atoms with Crippen molar-refractivity contribution >= 4 is 21.4 Å². The van der Waals surface area contributed by atoms with E-state index in [2.05, 4.69) is 11.9 Å². The van der Waals surface area contributed by atoms with Gasteiger partial charge in [-0.3, -0.25) is 0 Å². The van der Waals surface area contributed by atoms with E-state index in [0.717, 1.165) is 16.9 Å². The normalized spacial score (nSPS) is 12.0. The Labute approximate surface area is 120 Å². The largest absolute Gasteiger partial charge is 0.315 e. The van der Waals surface area contributed by atoms with Crippen LogP contribution in [0, 0.1) is 6.92 Å². The Morgan fingerprint density at radius 1 is 1.53 bits per heavy atom. The van der Waals surface area contributed by atoms with Crippen molar-refractivity contribution in [1.82, 2.24) is 9.62 Å². The van der Waals surface area contributed by atoms with Crippen molar-refractivity contribution in [3.63, 3.8) is 0 Å². The minimum absolute atomic E-state index is 0.356. The van der Waals surface area contributed by atoms with Crippen LogP contribution in [0.3, 0.4) is 0 Å². The monoisotopic (exact) mass is 302 g/mol. The fourth-order valence-corrected chi connectivity index (χ4v) is 5.04. The summed E-state index contributed by atoms with van der Waals surface area (Å²) in [6, 6.07) is 1.76. The van der Waals surface area contributed by atoms with Crippen LogP contribution in [0.25, 0.3) is 0 Å². The van der Waals surface area contributed by atoms with E-state index in [4.69, 9.17) is 0 Å². The number of aryl methyl sites for hydroxylation is 1. The van der Waals surface area contributed by atoms with Crippen LogP contribution in [0.5, 0.6) is 0 Å². The highest BCUT2D eigenvalue weighted by molar-refractivity contribution is 7.91. The second-order valence-electron chi connectivity index (χ2n) is 4.35. The van der Waals surface area contributed by atoms with Crippen molar-refractivity contribution in [2.75, 3.05) is 20.1 Å². The number of nitrogens with one attached hydrogen (secondary N) is 1. The van der Waals surface area contributed by atoms with Crippen LogP contribution in [0.4, 0.5) is 0 Å². The molecular weight excluding hydrogens is 280 g/mol. The molecule has 4 nitrogen and oxygen atoms in total. The first-order valence-corrected chi connectivity index (χ1v) is 8.58. The quantitative estimate of drug-likeness (QED) is 0.750. The fourth-order valence-electron chi connectivity index (χ4n) is 1.78. The van der Waals surface area contributed by atoms with E-state index >= 15 is 0 Å². The molecule has 0 fully saturated rings. The van der Waals surface area contributed by atoms with Crippen LogP contribution < -0.4 is 5.32 Å². The molecule has 0 bridgehead atoms. The molecule has 1 heterocycles. The van der Waals surface area contributed by atoms with E-state index in [-0.39, 0.29) is 0 Å². The molecule has 1 N–H and O–H groups in total. The molecule has 0 atom stereocenters. The summed E-state index contributed by atoms with van der Waals surface area (Å²) in [5.74, 6) is 0. The van der Waals surface area contributed by atoms with Crippen molar-refractivity contribution in [3.05, 3.63) is 29.2 Å². The standard InChI is InChI=1S/C13H22N2O2S2/c1-5-7-15(8-6-2)19(16,17)13-9-11(3)12(18-13)10-14-4/h5,9,14H,1,6-8,10H2,2-4H3. The van der Waals surface area contributed by atoms with Crippen LogP contribution in [-0.4, -0.2) is 32.9 Å². The molecule has 19 heavy (non-hydrogen) atoms. The number of sulfonamides is 1. The van der Waals surface area contributed by atoms with Crippen molar-refractivity contribution in [2.24, 2.45) is 0 Å². The summed E-state index contributed by atoms with van der Waals surface area (Å²) in [5, 5.41) is 3.05. The molecule has 1 aromatic rings. The summed E-state index contributed by atoms with van der Waals surface area (Å²) >= 11 is 1.34. The first-order chi connectivity index (χ1) is 8.97. The maximum atomic E-state index is 12.6. The zero-order valence-electron chi connectivity index (χ0n) is 11.8. The SMILES string of the molecule is C=CCN(CCC)S(=O)(=O)c1cc(C)c(CNC)s1. The third-order valence-corrected chi connectivity index (χ3v) is 6.29. The van der Waals surface area contributed by atoms with Gasteiger partial charge in [0.1, 0.15) is 4.21 Å². The summed E-state index contributed by atoms with van der Waals surface area (Å²) in [6.45, 7) is 9.12. The Bertz CT molecular complexity index is 521. The zero-order chi connectivity index (χ0) is 14.5. The van der Waals surface area contributed by atoms with Gasteiger partial charge < -0.3 is 5.32 Å². The van der Waals surface area contributed by atoms with Crippen molar-refractivity contribution < 1.29 is 8.42 Å². The molecule has 0 amide bonds. The summed E-state index contributed by atoms with van der Waals surface area (Å²) in [4.78, 5) is 1.07. The molecule has 0 saturated carbocycles. The van der Waals surface area contributed by atoms with Gasteiger partial charge >= 0.3 is 0 Å². The van der Waals surface area contributed by atoms with Gasteiger partial charge in [-0.1, -0.05) is 13.0 Å². The Hall–Kier alpha value is -0.690. The maximum Gasteiger partial charge on any atom is 0.252 e. The van der Waals surface area contributed by atoms with Crippen LogP contribution in [0.2, 0.25) is 0 Å². The number of hydrogen-bond acceptors (Lipinski definition) is 4. The van der Waals surface area contributed by atoms with Crippen molar-refractivity contribution in [2.45, 2.75) is 31.0 Å². The molecule has 0 spiro atoms. The van der Waals surface area contributed by atoms with Gasteiger partial charge in [-0.2, -0.15) is 4.31 Å². The van der Waals surface area contributed by atoms with Crippen molar-refractivity contribution in [1.29, 1.82) is 0 Å². The van der Waals surface area contributed by atoms with E-state index < -0.39 is 10.0 Å². The highest BCUT2D eigenvalue weighted by atomic mass is 32.2. The van der Waals surface area contributed by atoms with Gasteiger partial charge in [0.05, 0.1) is 0 Å². The van der Waals surface area contributed by atoms with Gasteiger partial charge in [0, 0.05) is 24.5 Å². The molecule has 1 rings (SSSR count). The lowest BCUT2D eigenvalue weighted by Crippen LogP contribution is -2.31. The van der Waals surface area contributed by atoms with Gasteiger partial charge in [0.2, 0.25) is 0 Å². The lowest BCUT2D eigenvalue weighted by molar-refractivity contribution is 0.443. The Kier molecular flexibility index (Phi) is 6.19. The summed E-state index contributed by atoms with van der Waals surface area (Å²) in [6.07, 6.45) is 2.42. The van der Waals surface area contributed by atoms with Crippen molar-refractivity contribution in [3.8, 4) is 0 Å². The summed E-state index contributed by atoms with van der Waals surface area (Å²) in [7, 11) is -1.54. The van der Waals surface area contributed by atoms with Gasteiger partial charge in [0.15, 0.2) is 0 Å². The predicted octanol–water partition coefficient (Wildman–Crippen LogP) is 2.36. The van der Waals surface area contributed by atoms with Gasteiger partial charge in [-0.05, 0) is 32.0 Å². The topological polar surface area (TPSA) is 49.4 Å². The fraction of sp³-hybridized carbons (Fsp3) is 0.538. The average Bonchev–Trinajstić information content (AvgIpc) is 2.72.